The van der Waals surface area contributed by atoms with Crippen molar-refractivity contribution in [3.05, 3.63) is 29.6 Å². The van der Waals surface area contributed by atoms with Crippen LogP contribution in [0.2, 0.25) is 0 Å². The number of carbonyl (C=O) groups is 1. The monoisotopic (exact) mass is 225 g/mol. The van der Waals surface area contributed by atoms with E-state index in [0.717, 1.165) is 0 Å². The van der Waals surface area contributed by atoms with Crippen molar-refractivity contribution in [3.63, 3.8) is 0 Å². The van der Waals surface area contributed by atoms with Crippen LogP contribution < -0.4 is 5.32 Å². The van der Waals surface area contributed by atoms with Crippen LogP contribution in [-0.2, 0) is 9.53 Å². The zero-order valence-corrected chi connectivity index (χ0v) is 9.71. The predicted octanol–water partition coefficient (Wildman–Crippen LogP) is 2.50. The van der Waals surface area contributed by atoms with Gasteiger partial charge < -0.3 is 10.1 Å². The maximum atomic E-state index is 13.4. The van der Waals surface area contributed by atoms with Crippen LogP contribution in [0, 0.1) is 12.7 Å². The van der Waals surface area contributed by atoms with Crippen LogP contribution in [0.1, 0.15) is 19.4 Å². The molecule has 0 radical (unpaired) electrons. The fourth-order valence-corrected chi connectivity index (χ4v) is 1.21. The van der Waals surface area contributed by atoms with Crippen LogP contribution in [-0.4, -0.2) is 18.6 Å². The molecule has 1 aromatic rings. The van der Waals surface area contributed by atoms with Crippen molar-refractivity contribution >= 4 is 11.6 Å². The van der Waals surface area contributed by atoms with Crippen LogP contribution in [0.4, 0.5) is 10.1 Å². The van der Waals surface area contributed by atoms with Gasteiger partial charge in [-0.25, -0.2) is 4.39 Å². The highest BCUT2D eigenvalue weighted by atomic mass is 19.1. The average molecular weight is 225 g/mol. The molecule has 0 aliphatic carbocycles. The molecule has 4 heteroatoms. The van der Waals surface area contributed by atoms with Crippen molar-refractivity contribution in [3.8, 4) is 0 Å². The number of hydrogen-bond acceptors (Lipinski definition) is 2. The van der Waals surface area contributed by atoms with E-state index < -0.39 is 5.82 Å². The second-order valence-electron chi connectivity index (χ2n) is 3.84. The Balaban J connectivity index is 2.63. The summed E-state index contributed by atoms with van der Waals surface area (Å²) in [5, 5.41) is 2.49. The van der Waals surface area contributed by atoms with Crippen molar-refractivity contribution in [2.45, 2.75) is 26.9 Å². The third-order valence-corrected chi connectivity index (χ3v) is 2.03. The molecule has 0 aliphatic rings. The van der Waals surface area contributed by atoms with Gasteiger partial charge >= 0.3 is 0 Å². The van der Waals surface area contributed by atoms with E-state index in [1.807, 2.05) is 13.8 Å². The highest BCUT2D eigenvalue weighted by Crippen LogP contribution is 2.18. The highest BCUT2D eigenvalue weighted by Gasteiger charge is 2.09. The van der Waals surface area contributed by atoms with E-state index in [9.17, 15) is 9.18 Å². The summed E-state index contributed by atoms with van der Waals surface area (Å²) in [7, 11) is 0. The zero-order valence-electron chi connectivity index (χ0n) is 9.71. The molecule has 0 spiro atoms. The van der Waals surface area contributed by atoms with Gasteiger partial charge in [0.25, 0.3) is 0 Å². The smallest absolute Gasteiger partial charge is 0.250 e. The molecule has 1 rings (SSSR count). The van der Waals surface area contributed by atoms with Crippen LogP contribution in [0.25, 0.3) is 0 Å². The van der Waals surface area contributed by atoms with Gasteiger partial charge in [-0.1, -0.05) is 12.1 Å². The number of nitrogens with one attached hydrogen (secondary N) is 1. The summed E-state index contributed by atoms with van der Waals surface area (Å²) in [5.74, 6) is -0.778. The molecule has 16 heavy (non-hydrogen) atoms. The standard InChI is InChI=1S/C12H16FNO2/c1-8(2)16-7-11(15)14-12-9(3)5-4-6-10(12)13/h4-6,8H,7H2,1-3H3,(H,14,15). The molecule has 0 unspecified atom stereocenters. The maximum absolute atomic E-state index is 13.4. The molecule has 1 N–H and O–H groups in total. The molecule has 0 aromatic heterocycles. The number of amides is 1. The predicted molar refractivity (Wildman–Crippen MR) is 60.9 cm³/mol. The third-order valence-electron chi connectivity index (χ3n) is 2.03. The molecular formula is C12H16FNO2. The number of ether oxygens (including phenoxy) is 1. The Kier molecular flexibility index (Phi) is 4.43. The van der Waals surface area contributed by atoms with Crippen molar-refractivity contribution < 1.29 is 13.9 Å². The van der Waals surface area contributed by atoms with Crippen LogP contribution in [0.5, 0.6) is 0 Å². The first-order valence-electron chi connectivity index (χ1n) is 5.17. The van der Waals surface area contributed by atoms with E-state index in [1.54, 1.807) is 19.1 Å². The molecule has 0 saturated carbocycles. The fourth-order valence-electron chi connectivity index (χ4n) is 1.21. The molecule has 3 nitrogen and oxygen atoms in total. The Morgan fingerprint density at radius 1 is 1.50 bits per heavy atom. The van der Waals surface area contributed by atoms with Gasteiger partial charge in [0.05, 0.1) is 11.8 Å². The van der Waals surface area contributed by atoms with Crippen molar-refractivity contribution in [2.24, 2.45) is 0 Å². The van der Waals surface area contributed by atoms with Gasteiger partial charge in [-0.05, 0) is 32.4 Å². The lowest BCUT2D eigenvalue weighted by atomic mass is 10.2. The molecule has 88 valence electrons. The Morgan fingerprint density at radius 3 is 2.75 bits per heavy atom. The molecule has 1 amide bonds. The SMILES string of the molecule is Cc1cccc(F)c1NC(=O)COC(C)C. The van der Waals surface area contributed by atoms with E-state index in [2.05, 4.69) is 5.32 Å². The first-order valence-corrected chi connectivity index (χ1v) is 5.17. The van der Waals surface area contributed by atoms with E-state index in [-0.39, 0.29) is 24.3 Å². The second kappa shape index (κ2) is 5.61. The zero-order chi connectivity index (χ0) is 12.1. The first kappa shape index (κ1) is 12.6. The van der Waals surface area contributed by atoms with E-state index >= 15 is 0 Å². The van der Waals surface area contributed by atoms with E-state index in [0.29, 0.717) is 5.56 Å². The average Bonchev–Trinajstić information content (AvgIpc) is 2.21. The Hall–Kier alpha value is -1.42. The van der Waals surface area contributed by atoms with Crippen LogP contribution in [0.3, 0.4) is 0 Å². The number of para-hydroxylation sites is 1. The lowest BCUT2D eigenvalue weighted by Gasteiger charge is -2.10. The lowest BCUT2D eigenvalue weighted by Crippen LogP contribution is -2.21. The van der Waals surface area contributed by atoms with Crippen molar-refractivity contribution in [2.75, 3.05) is 11.9 Å². The minimum atomic E-state index is -0.433. The largest absolute Gasteiger partial charge is 0.369 e. The fraction of sp³-hybridized carbons (Fsp3) is 0.417. The molecule has 0 saturated heterocycles. The van der Waals surface area contributed by atoms with Crippen molar-refractivity contribution in [1.82, 2.24) is 0 Å². The summed E-state index contributed by atoms with van der Waals surface area (Å²) in [6.45, 7) is 5.34. The minimum absolute atomic E-state index is 0.0209. The normalized spacial score (nSPS) is 10.6. The Morgan fingerprint density at radius 2 is 2.19 bits per heavy atom. The second-order valence-corrected chi connectivity index (χ2v) is 3.84. The number of halogens is 1. The Labute approximate surface area is 94.6 Å². The molecule has 1 aromatic carbocycles. The summed E-state index contributed by atoms with van der Waals surface area (Å²) in [5.41, 5.74) is 0.915. The van der Waals surface area contributed by atoms with Gasteiger partial charge in [0, 0.05) is 0 Å². The summed E-state index contributed by atoms with van der Waals surface area (Å²) in [6, 6.07) is 4.65. The molecule has 0 atom stereocenters. The maximum Gasteiger partial charge on any atom is 0.250 e. The quantitative estimate of drug-likeness (QED) is 0.855. The van der Waals surface area contributed by atoms with Gasteiger partial charge in [-0.2, -0.15) is 0 Å². The van der Waals surface area contributed by atoms with Gasteiger partial charge in [0.15, 0.2) is 0 Å². The Bertz CT molecular complexity index is 357. The number of aryl methyl sites for hydroxylation is 1. The summed E-state index contributed by atoms with van der Waals surface area (Å²) >= 11 is 0. The van der Waals surface area contributed by atoms with Crippen LogP contribution in [0.15, 0.2) is 18.2 Å². The number of hydrogen-bond donors (Lipinski definition) is 1. The van der Waals surface area contributed by atoms with Gasteiger partial charge in [0.2, 0.25) is 5.91 Å². The summed E-state index contributed by atoms with van der Waals surface area (Å²) < 4.78 is 18.5. The summed E-state index contributed by atoms with van der Waals surface area (Å²) in [6.07, 6.45) is -0.0209. The molecule has 0 aliphatic heterocycles. The summed E-state index contributed by atoms with van der Waals surface area (Å²) in [4.78, 5) is 11.4. The van der Waals surface area contributed by atoms with Gasteiger partial charge in [-0.3, -0.25) is 4.79 Å². The van der Waals surface area contributed by atoms with Crippen LogP contribution >= 0.6 is 0 Å². The van der Waals surface area contributed by atoms with E-state index in [4.69, 9.17) is 4.74 Å². The number of carbonyl (C=O) groups excluding carboxylic acids is 1. The molecular weight excluding hydrogens is 209 g/mol. The molecule has 0 heterocycles. The first-order chi connectivity index (χ1) is 7.50. The molecule has 0 fully saturated rings. The lowest BCUT2D eigenvalue weighted by molar-refractivity contribution is -0.121. The molecule has 0 bridgehead atoms. The third kappa shape index (κ3) is 3.62. The topological polar surface area (TPSA) is 38.3 Å². The van der Waals surface area contributed by atoms with E-state index in [1.165, 1.54) is 6.07 Å². The number of benzene rings is 1. The van der Waals surface area contributed by atoms with Gasteiger partial charge in [-0.15, -0.1) is 0 Å². The van der Waals surface area contributed by atoms with Gasteiger partial charge in [0.1, 0.15) is 12.4 Å². The van der Waals surface area contributed by atoms with Crippen molar-refractivity contribution in [1.29, 1.82) is 0 Å². The minimum Gasteiger partial charge on any atom is -0.369 e. The number of anilines is 1. The number of rotatable bonds is 4. The highest BCUT2D eigenvalue weighted by molar-refractivity contribution is 5.92.